The van der Waals surface area contributed by atoms with Crippen LogP contribution in [0.2, 0.25) is 0 Å². The van der Waals surface area contributed by atoms with E-state index in [1.54, 1.807) is 30.1 Å². The van der Waals surface area contributed by atoms with Crippen molar-refractivity contribution in [3.8, 4) is 18.0 Å². The van der Waals surface area contributed by atoms with Gasteiger partial charge in [0, 0.05) is 33.9 Å². The third kappa shape index (κ3) is 4.07. The van der Waals surface area contributed by atoms with E-state index < -0.39 is 0 Å². The Balaban J connectivity index is 1.56. The van der Waals surface area contributed by atoms with Gasteiger partial charge in [-0.2, -0.15) is 5.10 Å². The summed E-state index contributed by atoms with van der Waals surface area (Å²) in [5, 5.41) is 9.60. The molecule has 3 rings (SSSR count). The topological polar surface area (TPSA) is 54.2 Å². The number of thiophene rings is 1. The Hall–Kier alpha value is -2.95. The van der Waals surface area contributed by atoms with E-state index in [2.05, 4.69) is 26.7 Å². The molecule has 0 aliphatic carbocycles. The lowest BCUT2D eigenvalue weighted by Gasteiger charge is -2.06. The highest BCUT2D eigenvalue weighted by molar-refractivity contribution is 7.80. The van der Waals surface area contributed by atoms with Crippen LogP contribution in [0, 0.1) is 12.3 Å². The van der Waals surface area contributed by atoms with Gasteiger partial charge in [0.05, 0.1) is 18.2 Å². The molecule has 1 aromatic carbocycles. The molecule has 0 aliphatic rings. The van der Waals surface area contributed by atoms with E-state index in [9.17, 15) is 0 Å². The standard InChI is InChI=1S/C17H13N5S2/c1-2-13-4-3-5-14(8-13)20-17(23)21-19-10-16-9-15(11-24-16)22-7-6-18-12-22/h1,3-12H,(H2,20,21,23)/b19-10+. The minimum atomic E-state index is 0.395. The molecule has 5 nitrogen and oxygen atoms in total. The molecule has 2 N–H and O–H groups in total. The number of thiocarbonyl (C=S) groups is 1. The van der Waals surface area contributed by atoms with Crippen LogP contribution in [0.3, 0.4) is 0 Å². The first-order chi connectivity index (χ1) is 11.7. The van der Waals surface area contributed by atoms with Gasteiger partial charge < -0.3 is 9.88 Å². The van der Waals surface area contributed by atoms with Crippen molar-refractivity contribution in [2.24, 2.45) is 5.10 Å². The molecule has 0 saturated carbocycles. The van der Waals surface area contributed by atoms with Gasteiger partial charge in [-0.05, 0) is 36.5 Å². The molecule has 0 aliphatic heterocycles. The summed E-state index contributed by atoms with van der Waals surface area (Å²) < 4.78 is 1.94. The number of nitrogens with zero attached hydrogens (tertiary/aromatic N) is 3. The molecular weight excluding hydrogens is 338 g/mol. The van der Waals surface area contributed by atoms with Gasteiger partial charge in [-0.1, -0.05) is 12.0 Å². The average molecular weight is 351 g/mol. The number of benzene rings is 1. The lowest BCUT2D eigenvalue weighted by Crippen LogP contribution is -2.23. The van der Waals surface area contributed by atoms with Crippen LogP contribution < -0.4 is 10.7 Å². The molecule has 0 atom stereocenters. The van der Waals surface area contributed by atoms with Crippen LogP contribution in [0.25, 0.3) is 5.69 Å². The van der Waals surface area contributed by atoms with Crippen LogP contribution in [0.15, 0.2) is 59.5 Å². The second-order valence-electron chi connectivity index (χ2n) is 4.73. The van der Waals surface area contributed by atoms with Gasteiger partial charge in [0.1, 0.15) is 0 Å². The monoisotopic (exact) mass is 351 g/mol. The minimum Gasteiger partial charge on any atom is -0.331 e. The fraction of sp³-hybridized carbons (Fsp3) is 0. The Kier molecular flexibility index (Phi) is 5.01. The third-order valence-electron chi connectivity index (χ3n) is 3.05. The zero-order valence-corrected chi connectivity index (χ0v) is 14.1. The largest absolute Gasteiger partial charge is 0.331 e. The second-order valence-corrected chi connectivity index (χ2v) is 6.08. The van der Waals surface area contributed by atoms with Gasteiger partial charge >= 0.3 is 0 Å². The van der Waals surface area contributed by atoms with Crippen molar-refractivity contribution in [1.82, 2.24) is 15.0 Å². The van der Waals surface area contributed by atoms with Crippen molar-refractivity contribution < 1.29 is 0 Å². The maximum Gasteiger partial charge on any atom is 0.191 e. The van der Waals surface area contributed by atoms with E-state index in [0.717, 1.165) is 21.8 Å². The number of imidazole rings is 1. The van der Waals surface area contributed by atoms with E-state index in [1.165, 1.54) is 0 Å². The normalized spacial score (nSPS) is 10.5. The minimum absolute atomic E-state index is 0.395. The fourth-order valence-corrected chi connectivity index (χ4v) is 2.88. The Morgan fingerprint density at radius 1 is 1.42 bits per heavy atom. The lowest BCUT2D eigenvalue weighted by molar-refractivity contribution is 1.05. The van der Waals surface area contributed by atoms with Gasteiger partial charge in [0.15, 0.2) is 5.11 Å². The van der Waals surface area contributed by atoms with Crippen molar-refractivity contribution in [1.29, 1.82) is 0 Å². The zero-order chi connectivity index (χ0) is 16.8. The molecule has 0 radical (unpaired) electrons. The van der Waals surface area contributed by atoms with Crippen LogP contribution >= 0.6 is 23.6 Å². The van der Waals surface area contributed by atoms with Gasteiger partial charge in [-0.3, -0.25) is 5.43 Å². The van der Waals surface area contributed by atoms with Crippen LogP contribution in [-0.2, 0) is 0 Å². The van der Waals surface area contributed by atoms with Gasteiger partial charge in [-0.15, -0.1) is 17.8 Å². The highest BCUT2D eigenvalue weighted by Gasteiger charge is 2.00. The van der Waals surface area contributed by atoms with Crippen LogP contribution in [0.4, 0.5) is 5.69 Å². The van der Waals surface area contributed by atoms with E-state index >= 15 is 0 Å². The Morgan fingerprint density at radius 3 is 3.12 bits per heavy atom. The lowest BCUT2D eigenvalue weighted by atomic mass is 10.2. The fourth-order valence-electron chi connectivity index (χ4n) is 1.96. The van der Waals surface area contributed by atoms with E-state index in [-0.39, 0.29) is 0 Å². The molecule has 0 unspecified atom stereocenters. The number of terminal acetylenes is 1. The van der Waals surface area contributed by atoms with Gasteiger partial charge in [-0.25, -0.2) is 4.98 Å². The van der Waals surface area contributed by atoms with Crippen LogP contribution in [0.1, 0.15) is 10.4 Å². The molecule has 0 saturated heterocycles. The molecule has 24 heavy (non-hydrogen) atoms. The third-order valence-corrected chi connectivity index (χ3v) is 4.10. The van der Waals surface area contributed by atoms with Crippen molar-refractivity contribution in [3.63, 3.8) is 0 Å². The van der Waals surface area contributed by atoms with Crippen LogP contribution in [0.5, 0.6) is 0 Å². The summed E-state index contributed by atoms with van der Waals surface area (Å²) in [6.45, 7) is 0. The predicted molar refractivity (Wildman–Crippen MR) is 103 cm³/mol. The summed E-state index contributed by atoms with van der Waals surface area (Å²) in [7, 11) is 0. The highest BCUT2D eigenvalue weighted by Crippen LogP contribution is 2.16. The predicted octanol–water partition coefficient (Wildman–Crippen LogP) is 3.24. The quantitative estimate of drug-likeness (QED) is 0.328. The van der Waals surface area contributed by atoms with Crippen LogP contribution in [-0.4, -0.2) is 20.9 Å². The first-order valence-electron chi connectivity index (χ1n) is 6.98. The summed E-state index contributed by atoms with van der Waals surface area (Å²) in [6.07, 6.45) is 12.5. The number of rotatable bonds is 4. The Bertz CT molecular complexity index is 903. The number of aromatic nitrogens is 2. The Labute approximate surface area is 149 Å². The zero-order valence-electron chi connectivity index (χ0n) is 12.5. The average Bonchev–Trinajstić information content (AvgIpc) is 3.26. The molecule has 0 fully saturated rings. The van der Waals surface area contributed by atoms with E-state index in [0.29, 0.717) is 5.11 Å². The van der Waals surface area contributed by atoms with Crippen molar-refractivity contribution >= 4 is 40.6 Å². The molecule has 0 bridgehead atoms. The number of hydrogen-bond donors (Lipinski definition) is 2. The summed E-state index contributed by atoms with van der Waals surface area (Å²) in [6, 6.07) is 9.47. The molecular formula is C17H13N5S2. The SMILES string of the molecule is C#Cc1cccc(NC(=S)N/N=C/c2cc(-n3ccnc3)cs2)c1. The van der Waals surface area contributed by atoms with Crippen molar-refractivity contribution in [3.05, 3.63) is 64.9 Å². The molecule has 0 amide bonds. The van der Waals surface area contributed by atoms with Gasteiger partial charge in [0.2, 0.25) is 0 Å². The summed E-state index contributed by atoms with van der Waals surface area (Å²) in [5.41, 5.74) is 5.44. The summed E-state index contributed by atoms with van der Waals surface area (Å²) in [4.78, 5) is 5.03. The number of hydrazone groups is 1. The highest BCUT2D eigenvalue weighted by atomic mass is 32.1. The maximum atomic E-state index is 5.38. The van der Waals surface area contributed by atoms with Crippen molar-refractivity contribution in [2.45, 2.75) is 0 Å². The molecule has 0 spiro atoms. The smallest absolute Gasteiger partial charge is 0.191 e. The maximum absolute atomic E-state index is 5.38. The first kappa shape index (κ1) is 15.9. The first-order valence-corrected chi connectivity index (χ1v) is 8.27. The van der Waals surface area contributed by atoms with Crippen molar-refractivity contribution in [2.75, 3.05) is 5.32 Å². The number of nitrogens with one attached hydrogen (secondary N) is 2. The van der Waals surface area contributed by atoms with E-state index in [1.807, 2.05) is 46.5 Å². The van der Waals surface area contributed by atoms with E-state index in [4.69, 9.17) is 18.6 Å². The van der Waals surface area contributed by atoms with Gasteiger partial charge in [0.25, 0.3) is 0 Å². The summed E-state index contributed by atoms with van der Waals surface area (Å²) >= 11 is 6.79. The molecule has 2 aromatic heterocycles. The molecule has 2 heterocycles. The molecule has 7 heteroatoms. The number of anilines is 1. The number of hydrogen-bond acceptors (Lipinski definition) is 4. The molecule has 3 aromatic rings. The summed E-state index contributed by atoms with van der Waals surface area (Å²) in [5.74, 6) is 2.58. The second kappa shape index (κ2) is 7.55. The molecule has 118 valence electrons. The Morgan fingerprint density at radius 2 is 2.33 bits per heavy atom.